The fourth-order valence-electron chi connectivity index (χ4n) is 2.21. The van der Waals surface area contributed by atoms with E-state index in [2.05, 4.69) is 6.92 Å². The van der Waals surface area contributed by atoms with E-state index in [0.717, 1.165) is 30.6 Å². The summed E-state index contributed by atoms with van der Waals surface area (Å²) in [4.78, 5) is 0.328. The molecule has 0 N–H and O–H groups in total. The van der Waals surface area contributed by atoms with Crippen molar-refractivity contribution < 1.29 is 8.42 Å². The molecule has 0 aromatic heterocycles. The zero-order chi connectivity index (χ0) is 14.8. The first kappa shape index (κ1) is 15.8. The van der Waals surface area contributed by atoms with E-state index in [0.29, 0.717) is 9.22 Å². The number of aryl methyl sites for hydroxylation is 1. The number of nitrogens with zero attached hydrogens (tertiary/aromatic N) is 1. The molecule has 1 aliphatic rings. The molecule has 0 bridgehead atoms. The van der Waals surface area contributed by atoms with Crippen LogP contribution in [-0.2, 0) is 10.0 Å². The van der Waals surface area contributed by atoms with Gasteiger partial charge in [-0.3, -0.25) is 0 Å². The lowest BCUT2D eigenvalue weighted by atomic mass is 10.1. The van der Waals surface area contributed by atoms with Crippen LogP contribution in [0.5, 0.6) is 0 Å². The number of benzene rings is 1. The molecule has 3 nitrogen and oxygen atoms in total. The van der Waals surface area contributed by atoms with Crippen molar-refractivity contribution >= 4 is 38.3 Å². The lowest BCUT2D eigenvalue weighted by Gasteiger charge is -2.25. The van der Waals surface area contributed by atoms with Crippen LogP contribution in [0.15, 0.2) is 29.2 Å². The van der Waals surface area contributed by atoms with Crippen LogP contribution >= 0.6 is 24.0 Å². The molecular formula is C14H19NO2S3. The van der Waals surface area contributed by atoms with Gasteiger partial charge in [0.05, 0.1) is 10.9 Å². The maximum absolute atomic E-state index is 12.8. The van der Waals surface area contributed by atoms with Gasteiger partial charge in [0.25, 0.3) is 10.0 Å². The van der Waals surface area contributed by atoms with Crippen molar-refractivity contribution in [1.82, 2.24) is 4.31 Å². The predicted molar refractivity (Wildman–Crippen MR) is 88.6 cm³/mol. The monoisotopic (exact) mass is 329 g/mol. The van der Waals surface area contributed by atoms with Crippen LogP contribution in [0, 0.1) is 6.92 Å². The minimum atomic E-state index is -3.51. The van der Waals surface area contributed by atoms with Crippen LogP contribution in [0.25, 0.3) is 0 Å². The first-order valence-electron chi connectivity index (χ1n) is 6.74. The third kappa shape index (κ3) is 3.18. The van der Waals surface area contributed by atoms with E-state index in [1.54, 1.807) is 12.1 Å². The molecule has 1 aliphatic heterocycles. The summed E-state index contributed by atoms with van der Waals surface area (Å²) in [6, 6.07) is 6.96. The Labute approximate surface area is 130 Å². The summed E-state index contributed by atoms with van der Waals surface area (Å²) in [5.41, 5.74) is 1.05. The molecule has 1 saturated heterocycles. The van der Waals surface area contributed by atoms with Crippen LogP contribution in [-0.4, -0.2) is 28.8 Å². The summed E-state index contributed by atoms with van der Waals surface area (Å²) in [6.45, 7) is 4.05. The zero-order valence-electron chi connectivity index (χ0n) is 11.7. The van der Waals surface area contributed by atoms with E-state index in [4.69, 9.17) is 12.2 Å². The minimum absolute atomic E-state index is 0.00115. The quantitative estimate of drug-likeness (QED) is 0.774. The molecule has 0 saturated carbocycles. The highest BCUT2D eigenvalue weighted by Gasteiger charge is 2.38. The largest absolute Gasteiger partial charge is 0.265 e. The second-order valence-electron chi connectivity index (χ2n) is 4.99. The van der Waals surface area contributed by atoms with Crippen molar-refractivity contribution in [2.75, 3.05) is 5.75 Å². The average molecular weight is 330 g/mol. The molecule has 0 aliphatic carbocycles. The van der Waals surface area contributed by atoms with Gasteiger partial charge in [-0.25, -0.2) is 12.7 Å². The number of thiocarbonyl (C=S) groups is 1. The Morgan fingerprint density at radius 2 is 2.00 bits per heavy atom. The van der Waals surface area contributed by atoms with E-state index >= 15 is 0 Å². The molecule has 0 radical (unpaired) electrons. The van der Waals surface area contributed by atoms with Crippen molar-refractivity contribution in [3.63, 3.8) is 0 Å². The number of hydrogen-bond donors (Lipinski definition) is 0. The Morgan fingerprint density at radius 3 is 2.60 bits per heavy atom. The summed E-state index contributed by atoms with van der Waals surface area (Å²) >= 11 is 6.72. The van der Waals surface area contributed by atoms with Gasteiger partial charge in [0.2, 0.25) is 0 Å². The Morgan fingerprint density at radius 1 is 1.35 bits per heavy atom. The highest BCUT2D eigenvalue weighted by molar-refractivity contribution is 8.24. The van der Waals surface area contributed by atoms with Gasteiger partial charge < -0.3 is 0 Å². The van der Waals surface area contributed by atoms with Gasteiger partial charge in [-0.1, -0.05) is 61.4 Å². The van der Waals surface area contributed by atoms with Gasteiger partial charge in [-0.2, -0.15) is 0 Å². The number of unbranched alkanes of at least 4 members (excludes halogenated alkanes) is 1. The topological polar surface area (TPSA) is 37.4 Å². The predicted octanol–water partition coefficient (Wildman–Crippen LogP) is 3.58. The highest BCUT2D eigenvalue weighted by Crippen LogP contribution is 2.33. The van der Waals surface area contributed by atoms with E-state index in [-0.39, 0.29) is 6.04 Å². The maximum Gasteiger partial charge on any atom is 0.265 e. The third-order valence-corrected chi connectivity index (χ3v) is 7.02. The Hall–Kier alpha value is -0.590. The summed E-state index contributed by atoms with van der Waals surface area (Å²) in [5, 5.41) is 0. The van der Waals surface area contributed by atoms with Crippen LogP contribution in [0.2, 0.25) is 0 Å². The molecule has 110 valence electrons. The Bertz CT molecular complexity index is 581. The lowest BCUT2D eigenvalue weighted by Crippen LogP contribution is -2.38. The molecule has 1 heterocycles. The van der Waals surface area contributed by atoms with E-state index < -0.39 is 10.0 Å². The van der Waals surface area contributed by atoms with Crippen LogP contribution in [0.1, 0.15) is 31.7 Å². The number of sulfonamides is 1. The molecule has 0 spiro atoms. The van der Waals surface area contributed by atoms with Crippen molar-refractivity contribution in [1.29, 1.82) is 0 Å². The molecule has 2 rings (SSSR count). The molecule has 1 aromatic carbocycles. The normalized spacial score (nSPS) is 19.6. The SMILES string of the molecule is CCCC[C@@H]1CSC(=S)N1S(=O)(=O)c1ccc(C)cc1. The van der Waals surface area contributed by atoms with Crippen molar-refractivity contribution in [3.05, 3.63) is 29.8 Å². The molecule has 0 amide bonds. The number of rotatable bonds is 5. The number of hydrogen-bond acceptors (Lipinski definition) is 4. The summed E-state index contributed by atoms with van der Waals surface area (Å²) in [6.07, 6.45) is 2.95. The van der Waals surface area contributed by atoms with Gasteiger partial charge in [-0.15, -0.1) is 0 Å². The second kappa shape index (κ2) is 6.45. The lowest BCUT2D eigenvalue weighted by molar-refractivity contribution is 0.438. The first-order chi connectivity index (χ1) is 9.46. The molecule has 1 atom stereocenters. The summed E-state index contributed by atoms with van der Waals surface area (Å²) in [5.74, 6) is 0.768. The molecule has 1 aromatic rings. The minimum Gasteiger partial charge on any atom is -0.247 e. The smallest absolute Gasteiger partial charge is 0.247 e. The fourth-order valence-corrected chi connectivity index (χ4v) is 5.80. The Kier molecular flexibility index (Phi) is 5.09. The molecular weight excluding hydrogens is 310 g/mol. The summed E-state index contributed by atoms with van der Waals surface area (Å²) in [7, 11) is -3.51. The van der Waals surface area contributed by atoms with Gasteiger partial charge in [-0.05, 0) is 25.5 Å². The van der Waals surface area contributed by atoms with E-state index in [1.165, 1.54) is 16.1 Å². The highest BCUT2D eigenvalue weighted by atomic mass is 32.2. The zero-order valence-corrected chi connectivity index (χ0v) is 14.2. The fraction of sp³-hybridized carbons (Fsp3) is 0.500. The van der Waals surface area contributed by atoms with Crippen molar-refractivity contribution in [3.8, 4) is 0 Å². The van der Waals surface area contributed by atoms with Crippen LogP contribution in [0.3, 0.4) is 0 Å². The molecule has 1 fully saturated rings. The first-order valence-corrected chi connectivity index (χ1v) is 9.58. The van der Waals surface area contributed by atoms with Crippen molar-refractivity contribution in [2.24, 2.45) is 0 Å². The van der Waals surface area contributed by atoms with E-state index in [9.17, 15) is 8.42 Å². The average Bonchev–Trinajstić information content (AvgIpc) is 2.78. The van der Waals surface area contributed by atoms with E-state index in [1.807, 2.05) is 19.1 Å². The molecule has 6 heteroatoms. The third-order valence-electron chi connectivity index (χ3n) is 3.38. The standard InChI is InChI=1S/C14H19NO2S3/c1-3-4-5-12-10-19-14(18)15(12)20(16,17)13-8-6-11(2)7-9-13/h6-9,12H,3-5,10H2,1-2H3/t12-/m1/s1. The second-order valence-corrected chi connectivity index (χ2v) is 8.46. The van der Waals surface area contributed by atoms with Gasteiger partial charge in [0, 0.05) is 5.75 Å². The van der Waals surface area contributed by atoms with Gasteiger partial charge in [0.1, 0.15) is 0 Å². The molecule has 20 heavy (non-hydrogen) atoms. The number of thioether (sulfide) groups is 1. The molecule has 0 unspecified atom stereocenters. The van der Waals surface area contributed by atoms with Crippen LogP contribution < -0.4 is 0 Å². The van der Waals surface area contributed by atoms with Crippen molar-refractivity contribution in [2.45, 2.75) is 44.0 Å². The van der Waals surface area contributed by atoms with Crippen LogP contribution in [0.4, 0.5) is 0 Å². The van der Waals surface area contributed by atoms with Gasteiger partial charge in [0.15, 0.2) is 4.32 Å². The van der Waals surface area contributed by atoms with Gasteiger partial charge >= 0.3 is 0 Å². The maximum atomic E-state index is 12.8. The Balaban J connectivity index is 2.30. The summed E-state index contributed by atoms with van der Waals surface area (Å²) < 4.78 is 27.4.